The van der Waals surface area contributed by atoms with Crippen LogP contribution in [0.25, 0.3) is 0 Å². The van der Waals surface area contributed by atoms with Crippen molar-refractivity contribution in [2.24, 2.45) is 0 Å². The van der Waals surface area contributed by atoms with E-state index in [9.17, 15) is 4.79 Å². The van der Waals surface area contributed by atoms with Crippen LogP contribution in [0.5, 0.6) is 5.75 Å². The van der Waals surface area contributed by atoms with Crippen molar-refractivity contribution in [2.75, 3.05) is 20.1 Å². The van der Waals surface area contributed by atoms with Gasteiger partial charge in [0.1, 0.15) is 5.75 Å². The Morgan fingerprint density at radius 2 is 1.89 bits per heavy atom. The van der Waals surface area contributed by atoms with E-state index in [1.807, 2.05) is 38.2 Å². The first-order valence-electron chi connectivity index (χ1n) is 5.79. The third kappa shape index (κ3) is 5.89. The van der Waals surface area contributed by atoms with Gasteiger partial charge >= 0.3 is 0 Å². The number of carbonyl (C=O) groups excluding carboxylic acids is 1. The first-order valence-corrected chi connectivity index (χ1v) is 5.79. The van der Waals surface area contributed by atoms with Crippen molar-refractivity contribution in [3.8, 4) is 5.75 Å². The summed E-state index contributed by atoms with van der Waals surface area (Å²) in [5.74, 6) is 0.618. The number of halogens is 1. The van der Waals surface area contributed by atoms with Crippen LogP contribution in [0.4, 0.5) is 0 Å². The molecule has 2 N–H and O–H groups in total. The molecule has 18 heavy (non-hydrogen) atoms. The number of aryl methyl sites for hydroxylation is 1. The van der Waals surface area contributed by atoms with Gasteiger partial charge in [0.2, 0.25) is 0 Å². The number of hydrogen-bond acceptors (Lipinski definition) is 3. The van der Waals surface area contributed by atoms with Gasteiger partial charge in [0.05, 0.1) is 0 Å². The Labute approximate surface area is 115 Å². The zero-order chi connectivity index (χ0) is 12.7. The number of hydrogen-bond donors (Lipinski definition) is 2. The Morgan fingerprint density at radius 1 is 1.28 bits per heavy atom. The molecular formula is C13H21ClN2O2. The van der Waals surface area contributed by atoms with E-state index < -0.39 is 6.10 Å². The van der Waals surface area contributed by atoms with Gasteiger partial charge in [0, 0.05) is 13.1 Å². The van der Waals surface area contributed by atoms with Gasteiger partial charge in [-0.1, -0.05) is 17.7 Å². The van der Waals surface area contributed by atoms with Crippen molar-refractivity contribution in [3.05, 3.63) is 29.8 Å². The maximum absolute atomic E-state index is 11.6. The van der Waals surface area contributed by atoms with Crippen LogP contribution in [-0.4, -0.2) is 32.1 Å². The van der Waals surface area contributed by atoms with E-state index in [0.717, 1.165) is 6.54 Å². The molecule has 0 heterocycles. The largest absolute Gasteiger partial charge is 0.481 e. The molecule has 1 unspecified atom stereocenters. The van der Waals surface area contributed by atoms with E-state index in [4.69, 9.17) is 4.74 Å². The van der Waals surface area contributed by atoms with E-state index >= 15 is 0 Å². The van der Waals surface area contributed by atoms with Gasteiger partial charge in [-0.05, 0) is 33.0 Å². The molecule has 1 aromatic rings. The Bertz CT molecular complexity index is 355. The summed E-state index contributed by atoms with van der Waals surface area (Å²) in [6.45, 7) is 5.12. The summed E-state index contributed by atoms with van der Waals surface area (Å²) in [4.78, 5) is 11.6. The maximum Gasteiger partial charge on any atom is 0.260 e. The van der Waals surface area contributed by atoms with Crippen molar-refractivity contribution >= 4 is 18.3 Å². The summed E-state index contributed by atoms with van der Waals surface area (Å²) in [5.41, 5.74) is 1.17. The number of amides is 1. The average molecular weight is 273 g/mol. The number of carbonyl (C=O) groups is 1. The van der Waals surface area contributed by atoms with Crippen molar-refractivity contribution in [1.29, 1.82) is 0 Å². The highest BCUT2D eigenvalue weighted by atomic mass is 35.5. The summed E-state index contributed by atoms with van der Waals surface area (Å²) in [7, 11) is 1.85. The standard InChI is InChI=1S/C13H20N2O2.ClH/c1-10-4-6-12(7-5-10)17-11(2)13(16)15-9-8-14-3;/h4-7,11,14H,8-9H2,1-3H3,(H,15,16);1H. The molecule has 0 aliphatic rings. The second-order valence-electron chi connectivity index (χ2n) is 3.97. The second-order valence-corrected chi connectivity index (χ2v) is 3.97. The normalized spacial score (nSPS) is 11.3. The summed E-state index contributed by atoms with van der Waals surface area (Å²) in [6.07, 6.45) is -0.477. The molecule has 0 saturated heterocycles. The smallest absolute Gasteiger partial charge is 0.260 e. The van der Waals surface area contributed by atoms with Crippen LogP contribution in [0.2, 0.25) is 0 Å². The Kier molecular flexibility index (Phi) is 8.16. The average Bonchev–Trinajstić information content (AvgIpc) is 2.32. The predicted molar refractivity (Wildman–Crippen MR) is 75.5 cm³/mol. The third-order valence-electron chi connectivity index (χ3n) is 2.38. The quantitative estimate of drug-likeness (QED) is 0.772. The van der Waals surface area contributed by atoms with Gasteiger partial charge in [0.25, 0.3) is 5.91 Å². The van der Waals surface area contributed by atoms with Crippen molar-refractivity contribution in [2.45, 2.75) is 20.0 Å². The number of likely N-dealkylation sites (N-methyl/N-ethyl adjacent to an activating group) is 1. The van der Waals surface area contributed by atoms with Crippen LogP contribution in [0.3, 0.4) is 0 Å². The van der Waals surface area contributed by atoms with Crippen molar-refractivity contribution in [3.63, 3.8) is 0 Å². The van der Waals surface area contributed by atoms with E-state index in [2.05, 4.69) is 10.6 Å². The fraction of sp³-hybridized carbons (Fsp3) is 0.462. The van der Waals surface area contributed by atoms with Crippen LogP contribution < -0.4 is 15.4 Å². The third-order valence-corrected chi connectivity index (χ3v) is 2.38. The summed E-state index contributed by atoms with van der Waals surface area (Å²) in [5, 5.41) is 5.75. The zero-order valence-electron chi connectivity index (χ0n) is 11.0. The maximum atomic E-state index is 11.6. The Morgan fingerprint density at radius 3 is 2.44 bits per heavy atom. The van der Waals surface area contributed by atoms with Gasteiger partial charge in [-0.15, -0.1) is 12.4 Å². The first kappa shape index (κ1) is 16.7. The molecule has 1 aromatic carbocycles. The van der Waals surface area contributed by atoms with E-state index in [1.54, 1.807) is 6.92 Å². The lowest BCUT2D eigenvalue weighted by Crippen LogP contribution is -2.39. The highest BCUT2D eigenvalue weighted by Gasteiger charge is 2.13. The summed E-state index contributed by atoms with van der Waals surface area (Å²) >= 11 is 0. The molecule has 0 saturated carbocycles. The molecular weight excluding hydrogens is 252 g/mol. The van der Waals surface area contributed by atoms with Crippen LogP contribution >= 0.6 is 12.4 Å². The number of rotatable bonds is 6. The second kappa shape index (κ2) is 8.78. The van der Waals surface area contributed by atoms with Crippen molar-refractivity contribution in [1.82, 2.24) is 10.6 Å². The fourth-order valence-electron chi connectivity index (χ4n) is 1.33. The molecule has 0 fully saturated rings. The highest BCUT2D eigenvalue weighted by molar-refractivity contribution is 5.85. The van der Waals surface area contributed by atoms with Gasteiger partial charge in [-0.25, -0.2) is 0 Å². The molecule has 0 aliphatic heterocycles. The van der Waals surface area contributed by atoms with Crippen LogP contribution in [0, 0.1) is 6.92 Å². The lowest BCUT2D eigenvalue weighted by atomic mass is 10.2. The molecule has 0 radical (unpaired) electrons. The van der Waals surface area contributed by atoms with E-state index in [0.29, 0.717) is 12.3 Å². The number of nitrogens with one attached hydrogen (secondary N) is 2. The molecule has 1 rings (SSSR count). The lowest BCUT2D eigenvalue weighted by molar-refractivity contribution is -0.127. The van der Waals surface area contributed by atoms with Gasteiger partial charge in [0.15, 0.2) is 6.10 Å². The number of ether oxygens (including phenoxy) is 1. The monoisotopic (exact) mass is 272 g/mol. The molecule has 0 aromatic heterocycles. The predicted octanol–water partition coefficient (Wildman–Crippen LogP) is 1.52. The minimum absolute atomic E-state index is 0. The summed E-state index contributed by atoms with van der Waals surface area (Å²) < 4.78 is 5.53. The zero-order valence-corrected chi connectivity index (χ0v) is 11.8. The topological polar surface area (TPSA) is 50.4 Å². The van der Waals surface area contributed by atoms with Crippen LogP contribution in [0.15, 0.2) is 24.3 Å². The lowest BCUT2D eigenvalue weighted by Gasteiger charge is -2.14. The van der Waals surface area contributed by atoms with Gasteiger partial charge in [-0.3, -0.25) is 4.79 Å². The molecule has 4 nitrogen and oxygen atoms in total. The molecule has 0 aliphatic carbocycles. The molecule has 0 spiro atoms. The Balaban J connectivity index is 0.00000289. The van der Waals surface area contributed by atoms with Crippen LogP contribution in [-0.2, 0) is 4.79 Å². The van der Waals surface area contributed by atoms with E-state index in [1.165, 1.54) is 5.56 Å². The highest BCUT2D eigenvalue weighted by Crippen LogP contribution is 2.13. The van der Waals surface area contributed by atoms with Crippen LogP contribution in [0.1, 0.15) is 12.5 Å². The summed E-state index contributed by atoms with van der Waals surface area (Å²) in [6, 6.07) is 7.65. The first-order chi connectivity index (χ1) is 8.13. The minimum atomic E-state index is -0.477. The van der Waals surface area contributed by atoms with Gasteiger partial charge in [-0.2, -0.15) is 0 Å². The van der Waals surface area contributed by atoms with Gasteiger partial charge < -0.3 is 15.4 Å². The minimum Gasteiger partial charge on any atom is -0.481 e. The Hall–Kier alpha value is -1.26. The molecule has 1 amide bonds. The van der Waals surface area contributed by atoms with E-state index in [-0.39, 0.29) is 18.3 Å². The molecule has 5 heteroatoms. The SMILES string of the molecule is CNCCNC(=O)C(C)Oc1ccc(C)cc1.Cl. The number of benzene rings is 1. The molecule has 102 valence electrons. The van der Waals surface area contributed by atoms with Crippen molar-refractivity contribution < 1.29 is 9.53 Å². The molecule has 1 atom stereocenters. The fourth-order valence-corrected chi connectivity index (χ4v) is 1.33. The molecule has 0 bridgehead atoms.